The maximum absolute atomic E-state index is 13.0. The molecule has 0 bridgehead atoms. The Kier molecular flexibility index (Phi) is 6.62. The molecule has 30 heavy (non-hydrogen) atoms. The van der Waals surface area contributed by atoms with Crippen molar-refractivity contribution in [3.63, 3.8) is 0 Å². The summed E-state index contributed by atoms with van der Waals surface area (Å²) in [6, 6.07) is 11.1. The Balaban J connectivity index is 1.38. The number of likely N-dealkylation sites (tertiary alicyclic amines) is 1. The average molecular weight is 408 g/mol. The summed E-state index contributed by atoms with van der Waals surface area (Å²) >= 11 is 0. The van der Waals surface area contributed by atoms with Crippen LogP contribution >= 0.6 is 0 Å². The van der Waals surface area contributed by atoms with Crippen molar-refractivity contribution in [2.24, 2.45) is 11.7 Å². The maximum atomic E-state index is 13.0. The molecule has 0 radical (unpaired) electrons. The Hall–Kier alpha value is -2.47. The highest BCUT2D eigenvalue weighted by Gasteiger charge is 2.26. The molecule has 2 heterocycles. The van der Waals surface area contributed by atoms with Gasteiger partial charge in [-0.1, -0.05) is 36.8 Å². The predicted molar refractivity (Wildman–Crippen MR) is 120 cm³/mol. The fourth-order valence-corrected chi connectivity index (χ4v) is 4.84. The number of carbonyl (C=O) groups excluding carboxylic acids is 1. The lowest BCUT2D eigenvalue weighted by Gasteiger charge is -2.31. The lowest BCUT2D eigenvalue weighted by Crippen LogP contribution is -2.43. The standard InChI is InChI=1S/C24H33N5O/c1-17-22(24(30)29-12-10-21(25)11-13-29)27-16-28-23(17)26-15-18-6-5-9-20(14-18)19-7-3-2-4-8-19/h2-4,7-8,16,18,20-21H,5-6,9-15,25H2,1H3,(H,26,27,28)/t18-,20+/m0/s1. The molecule has 1 aliphatic carbocycles. The number of benzene rings is 1. The zero-order chi connectivity index (χ0) is 20.9. The van der Waals surface area contributed by atoms with Crippen LogP contribution in [0.2, 0.25) is 0 Å². The number of hydrogen-bond donors (Lipinski definition) is 2. The summed E-state index contributed by atoms with van der Waals surface area (Å²) in [6.45, 7) is 4.23. The Labute approximate surface area is 179 Å². The predicted octanol–water partition coefficient (Wildman–Crippen LogP) is 3.73. The monoisotopic (exact) mass is 407 g/mol. The highest BCUT2D eigenvalue weighted by atomic mass is 16.2. The van der Waals surface area contributed by atoms with Crippen LogP contribution in [0.25, 0.3) is 0 Å². The van der Waals surface area contributed by atoms with Crippen molar-refractivity contribution < 1.29 is 4.79 Å². The number of piperidine rings is 1. The van der Waals surface area contributed by atoms with Gasteiger partial charge in [-0.3, -0.25) is 4.79 Å². The van der Waals surface area contributed by atoms with Gasteiger partial charge in [0.1, 0.15) is 17.8 Å². The first-order valence-electron chi connectivity index (χ1n) is 11.3. The molecule has 160 valence electrons. The van der Waals surface area contributed by atoms with Crippen molar-refractivity contribution in [2.45, 2.75) is 57.4 Å². The van der Waals surface area contributed by atoms with Crippen molar-refractivity contribution in [3.05, 3.63) is 53.5 Å². The summed E-state index contributed by atoms with van der Waals surface area (Å²) in [5.41, 5.74) is 8.78. The van der Waals surface area contributed by atoms with Gasteiger partial charge in [-0.2, -0.15) is 0 Å². The molecule has 4 rings (SSSR count). The molecule has 1 aromatic carbocycles. The number of aromatic nitrogens is 2. The maximum Gasteiger partial charge on any atom is 0.272 e. The molecule has 6 nitrogen and oxygen atoms in total. The van der Waals surface area contributed by atoms with Crippen molar-refractivity contribution in [3.8, 4) is 0 Å². The fourth-order valence-electron chi connectivity index (χ4n) is 4.84. The van der Waals surface area contributed by atoms with Crippen molar-refractivity contribution in [2.75, 3.05) is 25.0 Å². The molecule has 1 amide bonds. The lowest BCUT2D eigenvalue weighted by atomic mass is 9.78. The normalized spacial score (nSPS) is 22.7. The summed E-state index contributed by atoms with van der Waals surface area (Å²) in [4.78, 5) is 23.6. The van der Waals surface area contributed by atoms with Crippen LogP contribution in [0, 0.1) is 12.8 Å². The number of nitrogens with two attached hydrogens (primary N) is 1. The van der Waals surface area contributed by atoms with E-state index in [2.05, 4.69) is 45.6 Å². The molecule has 1 saturated heterocycles. The summed E-state index contributed by atoms with van der Waals surface area (Å²) in [5, 5.41) is 3.52. The second-order valence-electron chi connectivity index (χ2n) is 8.85. The summed E-state index contributed by atoms with van der Waals surface area (Å²) < 4.78 is 0. The minimum Gasteiger partial charge on any atom is -0.369 e. The van der Waals surface area contributed by atoms with E-state index in [1.54, 1.807) is 0 Å². The van der Waals surface area contributed by atoms with Gasteiger partial charge in [-0.15, -0.1) is 0 Å². The molecular formula is C24H33N5O. The molecule has 6 heteroatoms. The van der Waals surface area contributed by atoms with E-state index in [1.165, 1.54) is 37.6 Å². The molecule has 2 aliphatic rings. The molecule has 3 N–H and O–H groups in total. The Morgan fingerprint density at radius 3 is 2.67 bits per heavy atom. The van der Waals surface area contributed by atoms with Crippen LogP contribution < -0.4 is 11.1 Å². The minimum atomic E-state index is -0.00772. The van der Waals surface area contributed by atoms with Gasteiger partial charge in [0.05, 0.1) is 0 Å². The van der Waals surface area contributed by atoms with Crippen LogP contribution in [0.4, 0.5) is 5.82 Å². The Bertz CT molecular complexity index is 848. The number of nitrogens with one attached hydrogen (secondary N) is 1. The van der Waals surface area contributed by atoms with Gasteiger partial charge in [-0.25, -0.2) is 9.97 Å². The lowest BCUT2D eigenvalue weighted by molar-refractivity contribution is 0.0708. The van der Waals surface area contributed by atoms with E-state index in [1.807, 2.05) is 11.8 Å². The zero-order valence-corrected chi connectivity index (χ0v) is 17.9. The van der Waals surface area contributed by atoms with E-state index in [0.717, 1.165) is 30.8 Å². The van der Waals surface area contributed by atoms with Gasteiger partial charge < -0.3 is 16.0 Å². The zero-order valence-electron chi connectivity index (χ0n) is 17.9. The van der Waals surface area contributed by atoms with Crippen molar-refractivity contribution >= 4 is 11.7 Å². The molecule has 0 unspecified atom stereocenters. The van der Waals surface area contributed by atoms with Crippen LogP contribution in [0.5, 0.6) is 0 Å². The van der Waals surface area contributed by atoms with E-state index in [9.17, 15) is 4.79 Å². The number of anilines is 1. The quantitative estimate of drug-likeness (QED) is 0.789. The molecule has 1 saturated carbocycles. The largest absolute Gasteiger partial charge is 0.369 e. The van der Waals surface area contributed by atoms with Gasteiger partial charge in [0.15, 0.2) is 0 Å². The first-order valence-corrected chi connectivity index (χ1v) is 11.3. The third-order valence-electron chi connectivity index (χ3n) is 6.73. The minimum absolute atomic E-state index is 0.00772. The van der Waals surface area contributed by atoms with Gasteiger partial charge in [0, 0.05) is 31.2 Å². The van der Waals surface area contributed by atoms with Gasteiger partial charge in [-0.05, 0) is 56.4 Å². The molecule has 0 spiro atoms. The second-order valence-corrected chi connectivity index (χ2v) is 8.85. The van der Waals surface area contributed by atoms with Crippen molar-refractivity contribution in [1.29, 1.82) is 0 Å². The number of rotatable bonds is 5. The third kappa shape index (κ3) is 4.81. The Morgan fingerprint density at radius 1 is 1.13 bits per heavy atom. The Morgan fingerprint density at radius 2 is 1.90 bits per heavy atom. The highest BCUT2D eigenvalue weighted by molar-refractivity contribution is 5.94. The van der Waals surface area contributed by atoms with Crippen LogP contribution in [-0.4, -0.2) is 46.5 Å². The summed E-state index contributed by atoms with van der Waals surface area (Å²) in [7, 11) is 0. The van der Waals surface area contributed by atoms with E-state index >= 15 is 0 Å². The molecule has 2 aromatic rings. The van der Waals surface area contributed by atoms with Gasteiger partial charge in [0.25, 0.3) is 5.91 Å². The van der Waals surface area contributed by atoms with Crippen LogP contribution in [-0.2, 0) is 0 Å². The molecular weight excluding hydrogens is 374 g/mol. The molecule has 2 atom stereocenters. The van der Waals surface area contributed by atoms with Gasteiger partial charge in [0.2, 0.25) is 0 Å². The number of carbonyl (C=O) groups is 1. The second kappa shape index (κ2) is 9.56. The smallest absolute Gasteiger partial charge is 0.272 e. The molecule has 1 aromatic heterocycles. The third-order valence-corrected chi connectivity index (χ3v) is 6.73. The van der Waals surface area contributed by atoms with E-state index < -0.39 is 0 Å². The van der Waals surface area contributed by atoms with E-state index in [0.29, 0.717) is 30.6 Å². The topological polar surface area (TPSA) is 84.1 Å². The van der Waals surface area contributed by atoms with Crippen LogP contribution in [0.15, 0.2) is 36.7 Å². The highest BCUT2D eigenvalue weighted by Crippen LogP contribution is 2.36. The molecule has 2 fully saturated rings. The van der Waals surface area contributed by atoms with Crippen molar-refractivity contribution in [1.82, 2.24) is 14.9 Å². The van der Waals surface area contributed by atoms with Crippen LogP contribution in [0.3, 0.4) is 0 Å². The first kappa shape index (κ1) is 20.8. The fraction of sp³-hybridized carbons (Fsp3) is 0.542. The van der Waals surface area contributed by atoms with Gasteiger partial charge >= 0.3 is 0 Å². The number of amides is 1. The van der Waals surface area contributed by atoms with Crippen LogP contribution in [0.1, 0.15) is 66.1 Å². The first-order chi connectivity index (χ1) is 14.6. The number of nitrogens with zero attached hydrogens (tertiary/aromatic N) is 3. The van der Waals surface area contributed by atoms with E-state index in [-0.39, 0.29) is 11.9 Å². The summed E-state index contributed by atoms with van der Waals surface area (Å²) in [5.74, 6) is 2.03. The molecule has 1 aliphatic heterocycles. The number of hydrogen-bond acceptors (Lipinski definition) is 5. The summed E-state index contributed by atoms with van der Waals surface area (Å²) in [6.07, 6.45) is 8.17. The SMILES string of the molecule is Cc1c(NC[C@H]2CCC[C@@H](c3ccccc3)C2)ncnc1C(=O)N1CCC(N)CC1. The van der Waals surface area contributed by atoms with E-state index in [4.69, 9.17) is 5.73 Å². The average Bonchev–Trinajstić information content (AvgIpc) is 2.79.